The molecule has 0 aromatic carbocycles. The SMILES string of the molecule is COC(=O)CC[C@@H](C)[C@H]1CC[C@H]2[C@@H]3[C@@H](O[C@@H]4O[C@H](COC(C)=O)[C@@H](OC(C)=O)[C@H](OC(C)=O)[C@H]4NC(C)=O)C=C4C[C@@H](O[Si](C)(C)C(C)(C)C)CC[C@]4(C)[C@H]3CC[C@]12C. The molecule has 0 aromatic heterocycles. The number of fused-ring (bicyclic) bond motifs is 5. The standard InChI is InChI=1S/C45H73NO12Si/c1-25(14-17-37(51)52-11)32-15-16-33-38-34(19-21-45(32,33)10)44(9)20-18-31(58-59(12,13)43(6,7)8)22-30(44)23-35(38)56-42-39(46-26(2)47)41(55-29(5)50)40(54-28(4)49)36(57-42)24-53-27(3)48/h23,25,31-36,38-42H,14-22,24H2,1-13H3,(H,46,47)/t25-,31+,32-,33+,34+,35+,36-,38+,39-,40-,41-,42-,44+,45-/m1/s1. The highest BCUT2D eigenvalue weighted by molar-refractivity contribution is 6.74. The zero-order valence-electron chi connectivity index (χ0n) is 38.0. The van der Waals surface area contributed by atoms with Crippen LogP contribution in [0.4, 0.5) is 0 Å². The third kappa shape index (κ3) is 10.1. The van der Waals surface area contributed by atoms with Crippen molar-refractivity contribution in [2.45, 2.75) is 188 Å². The summed E-state index contributed by atoms with van der Waals surface area (Å²) in [5, 5.41) is 2.98. The molecule has 1 amide bonds. The van der Waals surface area contributed by atoms with Crippen molar-refractivity contribution in [3.63, 3.8) is 0 Å². The summed E-state index contributed by atoms with van der Waals surface area (Å²) >= 11 is 0. The fourth-order valence-electron chi connectivity index (χ4n) is 11.6. The van der Waals surface area contributed by atoms with Gasteiger partial charge < -0.3 is 38.2 Å². The van der Waals surface area contributed by atoms with E-state index in [1.165, 1.54) is 40.4 Å². The second-order valence-corrected chi connectivity index (χ2v) is 25.0. The fourth-order valence-corrected chi connectivity index (χ4v) is 13.0. The van der Waals surface area contributed by atoms with Crippen molar-refractivity contribution in [3.8, 4) is 0 Å². The predicted molar refractivity (Wildman–Crippen MR) is 222 cm³/mol. The normalized spacial score (nSPS) is 37.4. The molecule has 0 bridgehead atoms. The molecule has 1 aliphatic heterocycles. The number of esters is 4. The summed E-state index contributed by atoms with van der Waals surface area (Å²) < 4.78 is 42.9. The maximum Gasteiger partial charge on any atom is 0.305 e. The van der Waals surface area contributed by atoms with Gasteiger partial charge >= 0.3 is 23.9 Å². The van der Waals surface area contributed by atoms with E-state index in [9.17, 15) is 24.0 Å². The zero-order valence-corrected chi connectivity index (χ0v) is 39.0. The van der Waals surface area contributed by atoms with Crippen molar-refractivity contribution >= 4 is 38.1 Å². The molecule has 5 aliphatic rings. The Labute approximate surface area is 353 Å². The number of amides is 1. The van der Waals surface area contributed by atoms with Crippen LogP contribution in [-0.2, 0) is 56.8 Å². The van der Waals surface area contributed by atoms with Crippen LogP contribution < -0.4 is 5.32 Å². The Balaban J connectivity index is 1.59. The Hall–Kier alpha value is -2.81. The molecule has 0 spiro atoms. The van der Waals surface area contributed by atoms with Gasteiger partial charge in [-0.2, -0.15) is 0 Å². The van der Waals surface area contributed by atoms with Crippen molar-refractivity contribution in [2.24, 2.45) is 40.4 Å². The number of ether oxygens (including phenoxy) is 6. The minimum Gasteiger partial charge on any atom is -0.469 e. The first-order chi connectivity index (χ1) is 27.4. The fraction of sp³-hybridized carbons (Fsp3) is 0.844. The van der Waals surface area contributed by atoms with Gasteiger partial charge in [0.15, 0.2) is 26.8 Å². The Morgan fingerprint density at radius 3 is 2.17 bits per heavy atom. The molecule has 59 heavy (non-hydrogen) atoms. The van der Waals surface area contributed by atoms with Crippen LogP contribution in [0.15, 0.2) is 11.6 Å². The molecule has 14 atom stereocenters. The van der Waals surface area contributed by atoms with E-state index in [-0.39, 0.29) is 40.5 Å². The third-order valence-electron chi connectivity index (χ3n) is 15.5. The first kappa shape index (κ1) is 47.2. The summed E-state index contributed by atoms with van der Waals surface area (Å²) in [6.45, 7) is 23.4. The monoisotopic (exact) mass is 847 g/mol. The molecule has 1 heterocycles. The summed E-state index contributed by atoms with van der Waals surface area (Å²) in [7, 11) is -0.631. The van der Waals surface area contributed by atoms with E-state index in [4.69, 9.17) is 32.8 Å². The lowest BCUT2D eigenvalue weighted by molar-refractivity contribution is -0.293. The number of hydrogen-bond acceptors (Lipinski definition) is 12. The van der Waals surface area contributed by atoms with Crippen molar-refractivity contribution in [2.75, 3.05) is 13.7 Å². The number of carbonyl (C=O) groups is 5. The molecule has 0 radical (unpaired) electrons. The van der Waals surface area contributed by atoms with Crippen LogP contribution >= 0.6 is 0 Å². The van der Waals surface area contributed by atoms with Crippen LogP contribution in [-0.4, -0.2) is 94.7 Å². The van der Waals surface area contributed by atoms with E-state index >= 15 is 0 Å². The average molecular weight is 848 g/mol. The van der Waals surface area contributed by atoms with Crippen LogP contribution in [0, 0.1) is 40.4 Å². The Morgan fingerprint density at radius 2 is 1.58 bits per heavy atom. The second kappa shape index (κ2) is 18.3. The third-order valence-corrected chi connectivity index (χ3v) is 20.0. The van der Waals surface area contributed by atoms with Crippen LogP contribution in [0.1, 0.15) is 127 Å². The summed E-state index contributed by atoms with van der Waals surface area (Å²) in [5.41, 5.74) is 1.24. The maximum atomic E-state index is 12.9. The predicted octanol–water partition coefficient (Wildman–Crippen LogP) is 7.20. The summed E-state index contributed by atoms with van der Waals surface area (Å²) in [6, 6.07) is -1.06. The molecule has 4 aliphatic carbocycles. The average Bonchev–Trinajstić information content (AvgIpc) is 3.48. The van der Waals surface area contributed by atoms with Crippen molar-refractivity contribution in [3.05, 3.63) is 11.6 Å². The van der Waals surface area contributed by atoms with Gasteiger partial charge in [0.05, 0.1) is 13.2 Å². The summed E-state index contributed by atoms with van der Waals surface area (Å²) in [5.74, 6) is -1.06. The van der Waals surface area contributed by atoms with E-state index in [0.29, 0.717) is 30.1 Å². The number of hydrogen-bond donors (Lipinski definition) is 1. The Kier molecular flexibility index (Phi) is 14.6. The quantitative estimate of drug-likeness (QED) is 0.0861. The molecule has 13 nitrogen and oxygen atoms in total. The van der Waals surface area contributed by atoms with E-state index in [1.54, 1.807) is 0 Å². The van der Waals surface area contributed by atoms with Crippen LogP contribution in [0.3, 0.4) is 0 Å². The number of rotatable bonds is 13. The molecule has 5 rings (SSSR count). The topological polar surface area (TPSA) is 162 Å². The van der Waals surface area contributed by atoms with Gasteiger partial charge in [-0.3, -0.25) is 24.0 Å². The van der Waals surface area contributed by atoms with Crippen molar-refractivity contribution in [1.82, 2.24) is 5.32 Å². The van der Waals surface area contributed by atoms with E-state index in [0.717, 1.165) is 51.4 Å². The molecule has 14 heteroatoms. The highest BCUT2D eigenvalue weighted by Crippen LogP contribution is 2.68. The van der Waals surface area contributed by atoms with Crippen LogP contribution in [0.2, 0.25) is 18.1 Å². The molecule has 0 unspecified atom stereocenters. The first-order valence-corrected chi connectivity index (χ1v) is 24.8. The van der Waals surface area contributed by atoms with Crippen LogP contribution in [0.5, 0.6) is 0 Å². The van der Waals surface area contributed by atoms with Crippen molar-refractivity contribution in [1.29, 1.82) is 0 Å². The summed E-state index contributed by atoms with van der Waals surface area (Å²) in [6.07, 6.45) is 5.38. The van der Waals surface area contributed by atoms with Crippen LogP contribution in [0.25, 0.3) is 0 Å². The molecular weight excluding hydrogens is 775 g/mol. The minimum atomic E-state index is -2.07. The number of methoxy groups -OCH3 is 1. The Bertz CT molecular complexity index is 1610. The highest BCUT2D eigenvalue weighted by atomic mass is 28.4. The molecule has 4 fully saturated rings. The number of nitrogens with one attached hydrogen (secondary N) is 1. The van der Waals surface area contributed by atoms with Gasteiger partial charge in [-0.05, 0) is 110 Å². The van der Waals surface area contributed by atoms with E-state index in [2.05, 4.69) is 66.0 Å². The van der Waals surface area contributed by atoms with Gasteiger partial charge in [-0.25, -0.2) is 0 Å². The maximum absolute atomic E-state index is 12.9. The first-order valence-electron chi connectivity index (χ1n) is 21.9. The molecule has 1 N–H and O–H groups in total. The van der Waals surface area contributed by atoms with E-state index in [1.807, 2.05) is 0 Å². The zero-order chi connectivity index (χ0) is 43.8. The van der Waals surface area contributed by atoms with Gasteiger partial charge in [-0.1, -0.05) is 53.2 Å². The van der Waals surface area contributed by atoms with Gasteiger partial charge in [0.25, 0.3) is 0 Å². The second-order valence-electron chi connectivity index (χ2n) is 20.3. The van der Waals surface area contributed by atoms with E-state index < -0.39 is 68.9 Å². The van der Waals surface area contributed by atoms with Gasteiger partial charge in [-0.15, -0.1) is 0 Å². The lowest BCUT2D eigenvalue weighted by Gasteiger charge is -2.61. The van der Waals surface area contributed by atoms with Gasteiger partial charge in [0, 0.05) is 40.2 Å². The van der Waals surface area contributed by atoms with Gasteiger partial charge in [0.1, 0.15) is 18.8 Å². The molecule has 0 aromatic rings. The molecule has 3 saturated carbocycles. The summed E-state index contributed by atoms with van der Waals surface area (Å²) in [4.78, 5) is 62.3. The Morgan fingerprint density at radius 1 is 0.915 bits per heavy atom. The molecule has 1 saturated heterocycles. The molecule has 334 valence electrons. The highest BCUT2D eigenvalue weighted by Gasteiger charge is 2.63. The minimum absolute atomic E-state index is 0.00825. The smallest absolute Gasteiger partial charge is 0.305 e. The van der Waals surface area contributed by atoms with Gasteiger partial charge in [0.2, 0.25) is 5.91 Å². The lowest BCUT2D eigenvalue weighted by atomic mass is 9.46. The number of carbonyl (C=O) groups excluding carboxylic acids is 5. The van der Waals surface area contributed by atoms with Crippen molar-refractivity contribution < 1.29 is 56.8 Å². The lowest BCUT2D eigenvalue weighted by Crippen LogP contribution is -2.67. The molecular formula is C45H73NO12Si. The largest absolute Gasteiger partial charge is 0.469 e.